The van der Waals surface area contributed by atoms with E-state index in [2.05, 4.69) is 0 Å². The van der Waals surface area contributed by atoms with E-state index in [1.807, 2.05) is 6.07 Å². The predicted molar refractivity (Wildman–Crippen MR) is 66.7 cm³/mol. The Kier molecular flexibility index (Phi) is 3.69. The van der Waals surface area contributed by atoms with Crippen LogP contribution in [0.25, 0.3) is 0 Å². The highest BCUT2D eigenvalue weighted by Gasteiger charge is 2.14. The number of rotatable bonds is 3. The Labute approximate surface area is 104 Å². The van der Waals surface area contributed by atoms with Crippen molar-refractivity contribution in [2.75, 3.05) is 0 Å². The number of halogens is 2. The van der Waals surface area contributed by atoms with Gasteiger partial charge in [0.1, 0.15) is 11.6 Å². The van der Waals surface area contributed by atoms with Gasteiger partial charge in [-0.3, -0.25) is 0 Å². The molecule has 4 heteroatoms. The number of hydrogen-bond donors (Lipinski definition) is 2. The zero-order valence-corrected chi connectivity index (χ0v) is 9.74. The molecule has 0 aliphatic rings. The van der Waals surface area contributed by atoms with Gasteiger partial charge in [0.05, 0.1) is 6.04 Å². The van der Waals surface area contributed by atoms with Gasteiger partial charge in [0.15, 0.2) is 0 Å². The number of benzene rings is 2. The van der Waals surface area contributed by atoms with Crippen molar-refractivity contribution in [2.45, 2.75) is 12.6 Å². The highest BCUT2D eigenvalue weighted by Crippen LogP contribution is 2.23. The molecule has 1 unspecified atom stereocenters. The highest BCUT2D eigenvalue weighted by atomic mass is 19.1. The smallest absolute Gasteiger partial charge is 0.128 e. The molecule has 18 heavy (non-hydrogen) atoms. The lowest BCUT2D eigenvalue weighted by molar-refractivity contribution is 0.576. The summed E-state index contributed by atoms with van der Waals surface area (Å²) in [5.41, 5.74) is 13.3. The Balaban J connectivity index is 2.40. The van der Waals surface area contributed by atoms with Crippen LogP contribution in [0.2, 0.25) is 0 Å². The van der Waals surface area contributed by atoms with Crippen LogP contribution in [-0.4, -0.2) is 0 Å². The summed E-state index contributed by atoms with van der Waals surface area (Å²) in [5.74, 6) is -1.01. The molecular weight excluding hydrogens is 234 g/mol. The molecule has 2 nitrogen and oxygen atoms in total. The van der Waals surface area contributed by atoms with Gasteiger partial charge in [-0.1, -0.05) is 24.3 Å². The van der Waals surface area contributed by atoms with Gasteiger partial charge in [0, 0.05) is 12.1 Å². The number of hydrogen-bond acceptors (Lipinski definition) is 2. The van der Waals surface area contributed by atoms with Crippen LogP contribution in [0.1, 0.15) is 22.7 Å². The minimum absolute atomic E-state index is 0.143. The third-order valence-corrected chi connectivity index (χ3v) is 2.84. The van der Waals surface area contributed by atoms with Crippen LogP contribution in [0.5, 0.6) is 0 Å². The Morgan fingerprint density at radius 1 is 1.06 bits per heavy atom. The fourth-order valence-corrected chi connectivity index (χ4v) is 1.85. The first-order chi connectivity index (χ1) is 8.61. The molecule has 0 bridgehead atoms. The van der Waals surface area contributed by atoms with E-state index in [9.17, 15) is 8.78 Å². The van der Waals surface area contributed by atoms with Crippen molar-refractivity contribution in [3.8, 4) is 0 Å². The summed E-state index contributed by atoms with van der Waals surface area (Å²) in [6.45, 7) is 0.381. The highest BCUT2D eigenvalue weighted by molar-refractivity contribution is 5.34. The quantitative estimate of drug-likeness (QED) is 0.876. The Bertz CT molecular complexity index is 555. The van der Waals surface area contributed by atoms with Gasteiger partial charge in [0.2, 0.25) is 0 Å². The van der Waals surface area contributed by atoms with Gasteiger partial charge in [-0.05, 0) is 29.3 Å². The second kappa shape index (κ2) is 5.25. The van der Waals surface area contributed by atoms with Crippen molar-refractivity contribution in [1.29, 1.82) is 0 Å². The first-order valence-electron chi connectivity index (χ1n) is 5.61. The molecule has 2 aromatic carbocycles. The molecule has 0 aromatic heterocycles. The van der Waals surface area contributed by atoms with E-state index < -0.39 is 17.7 Å². The third-order valence-electron chi connectivity index (χ3n) is 2.84. The molecule has 2 aromatic rings. The summed E-state index contributed by atoms with van der Waals surface area (Å²) in [4.78, 5) is 0. The molecule has 0 aliphatic heterocycles. The van der Waals surface area contributed by atoms with Crippen LogP contribution < -0.4 is 11.5 Å². The molecule has 0 saturated carbocycles. The molecule has 94 valence electrons. The Morgan fingerprint density at radius 3 is 2.56 bits per heavy atom. The van der Waals surface area contributed by atoms with Crippen LogP contribution >= 0.6 is 0 Å². The van der Waals surface area contributed by atoms with Crippen LogP contribution in [0.3, 0.4) is 0 Å². The lowest BCUT2D eigenvalue weighted by Crippen LogP contribution is -2.14. The molecule has 0 saturated heterocycles. The maximum absolute atomic E-state index is 13.6. The maximum Gasteiger partial charge on any atom is 0.128 e. The molecule has 0 radical (unpaired) electrons. The second-order valence-corrected chi connectivity index (χ2v) is 4.09. The molecule has 0 heterocycles. The zero-order chi connectivity index (χ0) is 13.1. The number of nitrogens with two attached hydrogens (primary N) is 2. The van der Waals surface area contributed by atoms with Gasteiger partial charge in [-0.15, -0.1) is 0 Å². The standard InChI is InChI=1S/C14H14F2N2/c15-11-4-5-13(16)12(7-11)14(18)10-3-1-2-9(6-10)8-17/h1-7,14H,8,17-18H2. The van der Waals surface area contributed by atoms with E-state index in [1.54, 1.807) is 18.2 Å². The van der Waals surface area contributed by atoms with Crippen molar-refractivity contribution in [3.05, 3.63) is 70.8 Å². The van der Waals surface area contributed by atoms with Crippen molar-refractivity contribution in [3.63, 3.8) is 0 Å². The fourth-order valence-electron chi connectivity index (χ4n) is 1.85. The van der Waals surface area contributed by atoms with Crippen LogP contribution in [0.15, 0.2) is 42.5 Å². The molecule has 0 spiro atoms. The molecule has 0 amide bonds. The van der Waals surface area contributed by atoms with E-state index >= 15 is 0 Å². The lowest BCUT2D eigenvalue weighted by Gasteiger charge is -2.14. The van der Waals surface area contributed by atoms with Gasteiger partial charge in [-0.25, -0.2) is 8.78 Å². The average Bonchev–Trinajstić information content (AvgIpc) is 2.41. The van der Waals surface area contributed by atoms with E-state index in [4.69, 9.17) is 11.5 Å². The van der Waals surface area contributed by atoms with E-state index in [1.165, 1.54) is 0 Å². The predicted octanol–water partition coefficient (Wildman–Crippen LogP) is 2.47. The molecule has 0 fully saturated rings. The van der Waals surface area contributed by atoms with E-state index in [0.29, 0.717) is 12.1 Å². The normalized spacial score (nSPS) is 12.4. The fraction of sp³-hybridized carbons (Fsp3) is 0.143. The Hall–Kier alpha value is -1.78. The van der Waals surface area contributed by atoms with Gasteiger partial charge in [-0.2, -0.15) is 0 Å². The van der Waals surface area contributed by atoms with Gasteiger partial charge < -0.3 is 11.5 Å². The molecule has 1 atom stereocenters. The van der Waals surface area contributed by atoms with E-state index in [0.717, 1.165) is 23.8 Å². The van der Waals surface area contributed by atoms with Crippen LogP contribution in [-0.2, 0) is 6.54 Å². The maximum atomic E-state index is 13.6. The first kappa shape index (κ1) is 12.7. The molecular formula is C14H14F2N2. The zero-order valence-electron chi connectivity index (χ0n) is 9.74. The minimum Gasteiger partial charge on any atom is -0.326 e. The van der Waals surface area contributed by atoms with Crippen molar-refractivity contribution in [1.82, 2.24) is 0 Å². The molecule has 0 aliphatic carbocycles. The first-order valence-corrected chi connectivity index (χ1v) is 5.61. The van der Waals surface area contributed by atoms with Crippen LogP contribution in [0, 0.1) is 11.6 Å². The van der Waals surface area contributed by atoms with Crippen molar-refractivity contribution >= 4 is 0 Å². The summed E-state index contributed by atoms with van der Waals surface area (Å²) in [6.07, 6.45) is 0. The molecule has 2 rings (SSSR count). The van der Waals surface area contributed by atoms with Gasteiger partial charge >= 0.3 is 0 Å². The van der Waals surface area contributed by atoms with E-state index in [-0.39, 0.29) is 5.56 Å². The summed E-state index contributed by atoms with van der Waals surface area (Å²) in [7, 11) is 0. The second-order valence-electron chi connectivity index (χ2n) is 4.09. The summed E-state index contributed by atoms with van der Waals surface area (Å²) in [5, 5.41) is 0. The van der Waals surface area contributed by atoms with Crippen LogP contribution in [0.4, 0.5) is 8.78 Å². The topological polar surface area (TPSA) is 52.0 Å². The van der Waals surface area contributed by atoms with Crippen molar-refractivity contribution in [2.24, 2.45) is 11.5 Å². The average molecular weight is 248 g/mol. The van der Waals surface area contributed by atoms with Crippen molar-refractivity contribution < 1.29 is 8.78 Å². The SMILES string of the molecule is NCc1cccc(C(N)c2cc(F)ccc2F)c1. The summed E-state index contributed by atoms with van der Waals surface area (Å²) < 4.78 is 26.7. The summed E-state index contributed by atoms with van der Waals surface area (Å²) >= 11 is 0. The molecule has 4 N–H and O–H groups in total. The van der Waals surface area contributed by atoms with Gasteiger partial charge in [0.25, 0.3) is 0 Å². The Morgan fingerprint density at radius 2 is 1.83 bits per heavy atom. The minimum atomic E-state index is -0.702. The lowest BCUT2D eigenvalue weighted by atomic mass is 9.97. The third kappa shape index (κ3) is 2.55. The summed E-state index contributed by atoms with van der Waals surface area (Å²) in [6, 6.07) is 9.80. The largest absolute Gasteiger partial charge is 0.326 e. The monoisotopic (exact) mass is 248 g/mol.